The first-order valence-corrected chi connectivity index (χ1v) is 6.55. The van der Waals surface area contributed by atoms with Gasteiger partial charge in [0.2, 0.25) is 0 Å². The third-order valence-corrected chi connectivity index (χ3v) is 3.11. The van der Waals surface area contributed by atoms with Crippen molar-refractivity contribution in [2.45, 2.75) is 0 Å². The van der Waals surface area contributed by atoms with Crippen LogP contribution in [-0.4, -0.2) is 52.1 Å². The Balaban J connectivity index is 1.89. The van der Waals surface area contributed by atoms with Gasteiger partial charge >= 0.3 is 6.09 Å². The predicted octanol–water partition coefficient (Wildman–Crippen LogP) is 1.20. The SMILES string of the molecule is O=C(O)N1CCN(C#CC#Cc2ccc([N+](=O)[O-])cc2)CC1. The molecule has 7 heteroatoms. The molecule has 1 aromatic rings. The zero-order chi connectivity index (χ0) is 15.9. The van der Waals surface area contributed by atoms with E-state index in [0.717, 1.165) is 0 Å². The number of amides is 1. The summed E-state index contributed by atoms with van der Waals surface area (Å²) in [6.07, 6.45) is -0.912. The molecule has 1 saturated heterocycles. The van der Waals surface area contributed by atoms with E-state index in [0.29, 0.717) is 31.7 Å². The molecule has 1 amide bonds. The summed E-state index contributed by atoms with van der Waals surface area (Å²) in [4.78, 5) is 24.0. The Kier molecular flexibility index (Phi) is 4.84. The maximum atomic E-state index is 10.8. The summed E-state index contributed by atoms with van der Waals surface area (Å²) in [5.74, 6) is 8.18. The molecule has 1 aliphatic rings. The third-order valence-electron chi connectivity index (χ3n) is 3.11. The Hall–Kier alpha value is -3.19. The van der Waals surface area contributed by atoms with E-state index in [1.165, 1.54) is 17.0 Å². The molecule has 0 atom stereocenters. The van der Waals surface area contributed by atoms with E-state index < -0.39 is 11.0 Å². The zero-order valence-electron chi connectivity index (χ0n) is 11.7. The van der Waals surface area contributed by atoms with Crippen LogP contribution >= 0.6 is 0 Å². The van der Waals surface area contributed by atoms with E-state index in [1.807, 2.05) is 4.90 Å². The van der Waals surface area contributed by atoms with Gasteiger partial charge in [0.25, 0.3) is 5.69 Å². The number of non-ortho nitro benzene ring substituents is 1. The molecule has 112 valence electrons. The first-order valence-electron chi connectivity index (χ1n) is 6.55. The van der Waals surface area contributed by atoms with Crippen LogP contribution in [0.3, 0.4) is 0 Å². The second-order valence-corrected chi connectivity index (χ2v) is 4.55. The van der Waals surface area contributed by atoms with Crippen molar-refractivity contribution in [2.75, 3.05) is 26.2 Å². The van der Waals surface area contributed by atoms with E-state index in [1.54, 1.807) is 12.1 Å². The topological polar surface area (TPSA) is 86.9 Å². The molecule has 1 N–H and O–H groups in total. The van der Waals surface area contributed by atoms with Crippen molar-refractivity contribution in [3.05, 3.63) is 39.9 Å². The van der Waals surface area contributed by atoms with Crippen molar-refractivity contribution in [1.29, 1.82) is 0 Å². The Morgan fingerprint density at radius 2 is 1.77 bits per heavy atom. The average molecular weight is 299 g/mol. The maximum Gasteiger partial charge on any atom is 0.407 e. The predicted molar refractivity (Wildman–Crippen MR) is 78.9 cm³/mol. The highest BCUT2D eigenvalue weighted by Gasteiger charge is 2.18. The summed E-state index contributed by atoms with van der Waals surface area (Å²) in [6.45, 7) is 1.97. The molecule has 0 saturated carbocycles. The van der Waals surface area contributed by atoms with Gasteiger partial charge in [-0.1, -0.05) is 5.92 Å². The van der Waals surface area contributed by atoms with Crippen LogP contribution in [-0.2, 0) is 0 Å². The summed E-state index contributed by atoms with van der Waals surface area (Å²) in [7, 11) is 0. The van der Waals surface area contributed by atoms with E-state index >= 15 is 0 Å². The van der Waals surface area contributed by atoms with Gasteiger partial charge in [0, 0.05) is 55.8 Å². The van der Waals surface area contributed by atoms with E-state index in [-0.39, 0.29) is 5.69 Å². The molecule has 1 heterocycles. The molecule has 1 fully saturated rings. The molecular formula is C15H13N3O4. The summed E-state index contributed by atoms with van der Waals surface area (Å²) >= 11 is 0. The minimum atomic E-state index is -0.912. The summed E-state index contributed by atoms with van der Waals surface area (Å²) in [6, 6.07) is 8.78. The highest BCUT2D eigenvalue weighted by Crippen LogP contribution is 2.10. The average Bonchev–Trinajstić information content (AvgIpc) is 2.52. The van der Waals surface area contributed by atoms with Crippen LogP contribution in [0.5, 0.6) is 0 Å². The first-order chi connectivity index (χ1) is 10.6. The van der Waals surface area contributed by atoms with Gasteiger partial charge in [-0.05, 0) is 18.1 Å². The molecular weight excluding hydrogens is 286 g/mol. The Labute approximate surface area is 127 Å². The number of hydrogen-bond donors (Lipinski definition) is 1. The van der Waals surface area contributed by atoms with Crippen molar-refractivity contribution in [1.82, 2.24) is 9.80 Å². The molecule has 0 bridgehead atoms. The number of piperazine rings is 1. The molecule has 7 nitrogen and oxygen atoms in total. The largest absolute Gasteiger partial charge is 0.465 e. The minimum absolute atomic E-state index is 0.0212. The fourth-order valence-electron chi connectivity index (χ4n) is 1.89. The smallest absolute Gasteiger partial charge is 0.407 e. The van der Waals surface area contributed by atoms with Crippen LogP contribution in [0.25, 0.3) is 0 Å². The molecule has 2 rings (SSSR count). The van der Waals surface area contributed by atoms with Crippen LogP contribution in [0.15, 0.2) is 24.3 Å². The van der Waals surface area contributed by atoms with Crippen LogP contribution in [0.4, 0.5) is 10.5 Å². The molecule has 0 unspecified atom stereocenters. The molecule has 0 radical (unpaired) electrons. The van der Waals surface area contributed by atoms with Gasteiger partial charge in [-0.25, -0.2) is 4.79 Å². The number of nitrogens with zero attached hydrogens (tertiary/aromatic N) is 3. The lowest BCUT2D eigenvalue weighted by Crippen LogP contribution is -2.46. The number of nitro benzene ring substituents is 1. The van der Waals surface area contributed by atoms with Gasteiger partial charge in [0.1, 0.15) is 0 Å². The summed E-state index contributed by atoms with van der Waals surface area (Å²) in [5.41, 5.74) is 0.670. The molecule has 1 aliphatic heterocycles. The van der Waals surface area contributed by atoms with E-state index in [9.17, 15) is 14.9 Å². The number of carboxylic acid groups (broad SMARTS) is 1. The fraction of sp³-hybridized carbons (Fsp3) is 0.267. The quantitative estimate of drug-likeness (QED) is 0.478. The van der Waals surface area contributed by atoms with Gasteiger partial charge in [-0.3, -0.25) is 10.1 Å². The van der Waals surface area contributed by atoms with Crippen LogP contribution in [0.1, 0.15) is 5.56 Å². The minimum Gasteiger partial charge on any atom is -0.465 e. The van der Waals surface area contributed by atoms with Crippen molar-refractivity contribution in [2.24, 2.45) is 0 Å². The molecule has 0 spiro atoms. The first kappa shape index (κ1) is 15.2. The van der Waals surface area contributed by atoms with E-state index in [2.05, 4.69) is 23.8 Å². The maximum absolute atomic E-state index is 10.8. The van der Waals surface area contributed by atoms with Crippen LogP contribution in [0.2, 0.25) is 0 Å². The lowest BCUT2D eigenvalue weighted by molar-refractivity contribution is -0.384. The van der Waals surface area contributed by atoms with Gasteiger partial charge in [0.05, 0.1) is 4.92 Å². The van der Waals surface area contributed by atoms with Gasteiger partial charge < -0.3 is 14.9 Å². The Morgan fingerprint density at radius 3 is 2.32 bits per heavy atom. The zero-order valence-corrected chi connectivity index (χ0v) is 11.7. The molecule has 1 aromatic carbocycles. The molecule has 0 aromatic heterocycles. The summed E-state index contributed by atoms with van der Waals surface area (Å²) in [5, 5.41) is 19.3. The lowest BCUT2D eigenvalue weighted by Gasteiger charge is -2.30. The number of nitro groups is 1. The Morgan fingerprint density at radius 1 is 1.14 bits per heavy atom. The van der Waals surface area contributed by atoms with Gasteiger partial charge in [0.15, 0.2) is 0 Å². The van der Waals surface area contributed by atoms with Crippen LogP contribution in [0, 0.1) is 33.9 Å². The standard InChI is InChI=1S/C15H13N3O4/c19-15(20)17-11-9-16(10-12-17)8-2-1-3-13-4-6-14(7-5-13)18(21)22/h4-7H,9-12H2,(H,19,20). The van der Waals surface area contributed by atoms with E-state index in [4.69, 9.17) is 5.11 Å². The summed E-state index contributed by atoms with van der Waals surface area (Å²) < 4.78 is 0. The lowest BCUT2D eigenvalue weighted by atomic mass is 10.2. The fourth-order valence-corrected chi connectivity index (χ4v) is 1.89. The monoisotopic (exact) mass is 299 g/mol. The molecule has 22 heavy (non-hydrogen) atoms. The number of carbonyl (C=O) groups is 1. The van der Waals surface area contributed by atoms with Crippen molar-refractivity contribution >= 4 is 11.8 Å². The highest BCUT2D eigenvalue weighted by molar-refractivity contribution is 5.65. The Bertz CT molecular complexity index is 683. The number of rotatable bonds is 1. The number of hydrogen-bond acceptors (Lipinski definition) is 4. The second-order valence-electron chi connectivity index (χ2n) is 4.55. The third kappa shape index (κ3) is 4.15. The highest BCUT2D eigenvalue weighted by atomic mass is 16.6. The number of benzene rings is 1. The van der Waals surface area contributed by atoms with Crippen molar-refractivity contribution in [3.63, 3.8) is 0 Å². The van der Waals surface area contributed by atoms with Crippen LogP contribution < -0.4 is 0 Å². The van der Waals surface area contributed by atoms with Gasteiger partial charge in [-0.2, -0.15) is 0 Å². The van der Waals surface area contributed by atoms with Crippen molar-refractivity contribution < 1.29 is 14.8 Å². The second kappa shape index (κ2) is 7.00. The van der Waals surface area contributed by atoms with Crippen molar-refractivity contribution in [3.8, 4) is 23.8 Å². The normalized spacial score (nSPS) is 13.5. The molecule has 0 aliphatic carbocycles. The van der Waals surface area contributed by atoms with Gasteiger partial charge in [-0.15, -0.1) is 0 Å².